The summed E-state index contributed by atoms with van der Waals surface area (Å²) in [6.45, 7) is 4.76. The van der Waals surface area contributed by atoms with E-state index >= 15 is 0 Å². The Labute approximate surface area is 97.2 Å². The van der Waals surface area contributed by atoms with Crippen LogP contribution in [-0.4, -0.2) is 24.7 Å². The number of nitrogens with one attached hydrogen (secondary N) is 1. The highest BCUT2D eigenvalue weighted by Gasteiger charge is 2.20. The Kier molecular flexibility index (Phi) is 4.31. The molecule has 3 heteroatoms. The van der Waals surface area contributed by atoms with Gasteiger partial charge in [-0.15, -0.1) is 0 Å². The van der Waals surface area contributed by atoms with Gasteiger partial charge in [-0.2, -0.15) is 0 Å². The molecule has 0 radical (unpaired) electrons. The van der Waals surface area contributed by atoms with Crippen LogP contribution in [0.25, 0.3) is 0 Å². The molecule has 1 unspecified atom stereocenters. The van der Waals surface area contributed by atoms with Gasteiger partial charge in [0.2, 0.25) is 0 Å². The molecular weight excluding hydrogens is 200 g/mol. The van der Waals surface area contributed by atoms with Crippen LogP contribution in [0.2, 0.25) is 0 Å². The molecule has 2 rings (SSSR count). The van der Waals surface area contributed by atoms with E-state index in [2.05, 4.69) is 17.2 Å². The third-order valence-corrected chi connectivity index (χ3v) is 2.88. The predicted octanol–water partition coefficient (Wildman–Crippen LogP) is 2.16. The summed E-state index contributed by atoms with van der Waals surface area (Å²) in [5, 5.41) is 3.41. The molecule has 1 aliphatic rings. The standard InChI is InChI=1S/C13H20N2O/c1-11(13-4-2-3-7-15-13)14-8-9-16-10-12-5-6-12/h2-4,7,11-12,14H,5-6,8-10H2,1H3. The first kappa shape index (κ1) is 11.6. The minimum absolute atomic E-state index is 0.297. The lowest BCUT2D eigenvalue weighted by atomic mass is 10.2. The highest BCUT2D eigenvalue weighted by atomic mass is 16.5. The Morgan fingerprint density at radius 3 is 3.06 bits per heavy atom. The monoisotopic (exact) mass is 220 g/mol. The first-order valence-electron chi connectivity index (χ1n) is 6.08. The number of ether oxygens (including phenoxy) is 1. The van der Waals surface area contributed by atoms with E-state index in [1.807, 2.05) is 24.4 Å². The fraction of sp³-hybridized carbons (Fsp3) is 0.615. The quantitative estimate of drug-likeness (QED) is 0.715. The van der Waals surface area contributed by atoms with Crippen molar-refractivity contribution in [2.45, 2.75) is 25.8 Å². The lowest BCUT2D eigenvalue weighted by Gasteiger charge is -2.13. The molecule has 1 fully saturated rings. The molecular formula is C13H20N2O. The van der Waals surface area contributed by atoms with Crippen molar-refractivity contribution in [3.8, 4) is 0 Å². The number of aromatic nitrogens is 1. The maximum atomic E-state index is 5.56. The van der Waals surface area contributed by atoms with E-state index in [4.69, 9.17) is 4.74 Å². The van der Waals surface area contributed by atoms with E-state index < -0.39 is 0 Å². The molecule has 0 aliphatic heterocycles. The molecule has 1 aromatic rings. The Hall–Kier alpha value is -0.930. The molecule has 1 N–H and O–H groups in total. The molecule has 3 nitrogen and oxygen atoms in total. The van der Waals surface area contributed by atoms with Crippen LogP contribution in [-0.2, 0) is 4.74 Å². The highest BCUT2D eigenvalue weighted by molar-refractivity contribution is 5.07. The van der Waals surface area contributed by atoms with Crippen molar-refractivity contribution in [2.24, 2.45) is 5.92 Å². The average molecular weight is 220 g/mol. The second-order valence-electron chi connectivity index (χ2n) is 4.45. The summed E-state index contributed by atoms with van der Waals surface area (Å²) in [5.74, 6) is 0.855. The molecule has 0 spiro atoms. The van der Waals surface area contributed by atoms with Crippen LogP contribution >= 0.6 is 0 Å². The van der Waals surface area contributed by atoms with Crippen molar-refractivity contribution >= 4 is 0 Å². The van der Waals surface area contributed by atoms with Gasteiger partial charge in [0.1, 0.15) is 0 Å². The van der Waals surface area contributed by atoms with E-state index in [0.29, 0.717) is 6.04 Å². The van der Waals surface area contributed by atoms with Crippen LogP contribution in [0.15, 0.2) is 24.4 Å². The smallest absolute Gasteiger partial charge is 0.0591 e. The lowest BCUT2D eigenvalue weighted by molar-refractivity contribution is 0.124. The summed E-state index contributed by atoms with van der Waals surface area (Å²) in [7, 11) is 0. The normalized spacial score (nSPS) is 17.3. The van der Waals surface area contributed by atoms with Crippen molar-refractivity contribution in [3.63, 3.8) is 0 Å². The van der Waals surface area contributed by atoms with Gasteiger partial charge in [-0.3, -0.25) is 4.98 Å². The van der Waals surface area contributed by atoms with Gasteiger partial charge in [0, 0.05) is 25.4 Å². The van der Waals surface area contributed by atoms with Gasteiger partial charge in [-0.05, 0) is 37.8 Å². The zero-order valence-electron chi connectivity index (χ0n) is 9.86. The fourth-order valence-electron chi connectivity index (χ4n) is 1.62. The van der Waals surface area contributed by atoms with Gasteiger partial charge in [0.15, 0.2) is 0 Å². The zero-order chi connectivity index (χ0) is 11.2. The Morgan fingerprint density at radius 2 is 2.38 bits per heavy atom. The summed E-state index contributed by atoms with van der Waals surface area (Å²) < 4.78 is 5.56. The third-order valence-electron chi connectivity index (χ3n) is 2.88. The van der Waals surface area contributed by atoms with Crippen LogP contribution in [0.4, 0.5) is 0 Å². The minimum Gasteiger partial charge on any atom is -0.380 e. The van der Waals surface area contributed by atoms with Crippen molar-refractivity contribution in [2.75, 3.05) is 19.8 Å². The van der Waals surface area contributed by atoms with Crippen molar-refractivity contribution in [3.05, 3.63) is 30.1 Å². The molecule has 1 aromatic heterocycles. The van der Waals surface area contributed by atoms with Crippen molar-refractivity contribution in [1.82, 2.24) is 10.3 Å². The lowest BCUT2D eigenvalue weighted by Crippen LogP contribution is -2.24. The number of rotatable bonds is 7. The first-order chi connectivity index (χ1) is 7.86. The fourth-order valence-corrected chi connectivity index (χ4v) is 1.62. The largest absolute Gasteiger partial charge is 0.380 e. The Bertz CT molecular complexity index is 298. The van der Waals surface area contributed by atoms with E-state index in [1.165, 1.54) is 12.8 Å². The van der Waals surface area contributed by atoms with Crippen molar-refractivity contribution in [1.29, 1.82) is 0 Å². The molecule has 1 aliphatic carbocycles. The predicted molar refractivity (Wildman–Crippen MR) is 64.2 cm³/mol. The number of pyridine rings is 1. The molecule has 0 saturated heterocycles. The Morgan fingerprint density at radius 1 is 1.50 bits per heavy atom. The SMILES string of the molecule is CC(NCCOCC1CC1)c1ccccn1. The van der Waals surface area contributed by atoms with Gasteiger partial charge >= 0.3 is 0 Å². The van der Waals surface area contributed by atoms with Gasteiger partial charge in [-0.25, -0.2) is 0 Å². The summed E-state index contributed by atoms with van der Waals surface area (Å²) in [5.41, 5.74) is 1.09. The zero-order valence-corrected chi connectivity index (χ0v) is 9.86. The molecule has 1 atom stereocenters. The maximum Gasteiger partial charge on any atom is 0.0591 e. The number of nitrogens with zero attached hydrogens (tertiary/aromatic N) is 1. The molecule has 88 valence electrons. The number of hydrogen-bond donors (Lipinski definition) is 1. The number of hydrogen-bond acceptors (Lipinski definition) is 3. The van der Waals surface area contributed by atoms with E-state index in [-0.39, 0.29) is 0 Å². The van der Waals surface area contributed by atoms with E-state index in [1.54, 1.807) is 0 Å². The minimum atomic E-state index is 0.297. The van der Waals surface area contributed by atoms with Crippen molar-refractivity contribution < 1.29 is 4.74 Å². The van der Waals surface area contributed by atoms with Crippen LogP contribution in [0.5, 0.6) is 0 Å². The van der Waals surface area contributed by atoms with Gasteiger partial charge in [0.05, 0.1) is 12.3 Å². The summed E-state index contributed by atoms with van der Waals surface area (Å²) in [6.07, 6.45) is 4.55. The summed E-state index contributed by atoms with van der Waals surface area (Å²) >= 11 is 0. The third kappa shape index (κ3) is 3.91. The highest BCUT2D eigenvalue weighted by Crippen LogP contribution is 2.28. The maximum absolute atomic E-state index is 5.56. The summed E-state index contributed by atoms with van der Waals surface area (Å²) in [4.78, 5) is 4.31. The van der Waals surface area contributed by atoms with Crippen LogP contribution in [0.1, 0.15) is 31.5 Å². The Balaban J connectivity index is 1.58. The second-order valence-corrected chi connectivity index (χ2v) is 4.45. The van der Waals surface area contributed by atoms with Gasteiger partial charge in [0.25, 0.3) is 0 Å². The van der Waals surface area contributed by atoms with Gasteiger partial charge < -0.3 is 10.1 Å². The average Bonchev–Trinajstić information content (AvgIpc) is 3.13. The molecule has 16 heavy (non-hydrogen) atoms. The van der Waals surface area contributed by atoms with E-state index in [0.717, 1.165) is 31.4 Å². The molecule has 0 aromatic carbocycles. The van der Waals surface area contributed by atoms with Crippen LogP contribution in [0, 0.1) is 5.92 Å². The first-order valence-corrected chi connectivity index (χ1v) is 6.08. The molecule has 0 bridgehead atoms. The topological polar surface area (TPSA) is 34.1 Å². The van der Waals surface area contributed by atoms with Crippen LogP contribution < -0.4 is 5.32 Å². The molecule has 1 saturated carbocycles. The van der Waals surface area contributed by atoms with Crippen LogP contribution in [0.3, 0.4) is 0 Å². The van der Waals surface area contributed by atoms with E-state index in [9.17, 15) is 0 Å². The second kappa shape index (κ2) is 5.97. The molecule has 0 amide bonds. The summed E-state index contributed by atoms with van der Waals surface area (Å²) in [6, 6.07) is 6.30. The molecule has 1 heterocycles. The van der Waals surface area contributed by atoms with Gasteiger partial charge in [-0.1, -0.05) is 6.07 Å².